The standard InChI is InChI=1S/C16H15N3O2/c1-11-3-2-4-13(7-11)19-16(20)10-21-15-6-5-12(9-17)8-14(15)18/h2-8H,10,18H2,1H3,(H,19,20). The number of rotatable bonds is 4. The highest BCUT2D eigenvalue weighted by molar-refractivity contribution is 5.92. The molecule has 0 unspecified atom stereocenters. The molecule has 3 N–H and O–H groups in total. The van der Waals surface area contributed by atoms with Crippen LogP contribution in [0.25, 0.3) is 0 Å². The molecule has 0 aliphatic carbocycles. The van der Waals surface area contributed by atoms with E-state index in [1.807, 2.05) is 31.2 Å². The van der Waals surface area contributed by atoms with E-state index < -0.39 is 0 Å². The maximum absolute atomic E-state index is 11.8. The minimum absolute atomic E-state index is 0.149. The third-order valence-electron chi connectivity index (χ3n) is 2.80. The molecule has 106 valence electrons. The summed E-state index contributed by atoms with van der Waals surface area (Å²) in [6.45, 7) is 1.80. The predicted octanol–water partition coefficient (Wildman–Crippen LogP) is 2.47. The number of anilines is 2. The summed E-state index contributed by atoms with van der Waals surface area (Å²) >= 11 is 0. The van der Waals surface area contributed by atoms with Crippen molar-refractivity contribution in [1.29, 1.82) is 5.26 Å². The van der Waals surface area contributed by atoms with Crippen molar-refractivity contribution in [1.82, 2.24) is 0 Å². The highest BCUT2D eigenvalue weighted by Gasteiger charge is 2.06. The van der Waals surface area contributed by atoms with E-state index in [2.05, 4.69) is 5.32 Å². The summed E-state index contributed by atoms with van der Waals surface area (Å²) in [7, 11) is 0. The molecule has 0 aliphatic heterocycles. The Kier molecular flexibility index (Phi) is 4.42. The minimum Gasteiger partial charge on any atom is -0.482 e. The average molecular weight is 281 g/mol. The molecule has 5 heteroatoms. The van der Waals surface area contributed by atoms with Crippen molar-refractivity contribution in [2.45, 2.75) is 6.92 Å². The molecule has 0 heterocycles. The van der Waals surface area contributed by atoms with Crippen LogP contribution in [0.5, 0.6) is 5.75 Å². The maximum atomic E-state index is 11.8. The number of benzene rings is 2. The van der Waals surface area contributed by atoms with Crippen LogP contribution in [0.3, 0.4) is 0 Å². The number of hydrogen-bond donors (Lipinski definition) is 2. The van der Waals surface area contributed by atoms with Crippen LogP contribution in [-0.2, 0) is 4.79 Å². The zero-order valence-electron chi connectivity index (χ0n) is 11.6. The number of carbonyl (C=O) groups excluding carboxylic acids is 1. The van der Waals surface area contributed by atoms with Gasteiger partial charge in [0.25, 0.3) is 5.91 Å². The van der Waals surface area contributed by atoms with Crippen molar-refractivity contribution in [2.75, 3.05) is 17.7 Å². The highest BCUT2D eigenvalue weighted by atomic mass is 16.5. The molecule has 0 spiro atoms. The molecular formula is C16H15N3O2. The summed E-state index contributed by atoms with van der Waals surface area (Å²) in [5.41, 5.74) is 8.31. The zero-order chi connectivity index (χ0) is 15.2. The quantitative estimate of drug-likeness (QED) is 0.843. The number of ether oxygens (including phenoxy) is 1. The van der Waals surface area contributed by atoms with Gasteiger partial charge in [0.05, 0.1) is 17.3 Å². The normalized spacial score (nSPS) is 9.71. The van der Waals surface area contributed by atoms with Crippen molar-refractivity contribution >= 4 is 17.3 Å². The molecule has 2 aromatic rings. The Balaban J connectivity index is 1.94. The lowest BCUT2D eigenvalue weighted by atomic mass is 10.2. The van der Waals surface area contributed by atoms with Crippen LogP contribution in [0.4, 0.5) is 11.4 Å². The Morgan fingerprint density at radius 2 is 2.14 bits per heavy atom. The van der Waals surface area contributed by atoms with Gasteiger partial charge in [0.2, 0.25) is 0 Å². The average Bonchev–Trinajstić information content (AvgIpc) is 2.46. The summed E-state index contributed by atoms with van der Waals surface area (Å²) in [5.74, 6) is 0.109. The van der Waals surface area contributed by atoms with Crippen LogP contribution in [0, 0.1) is 18.3 Å². The Morgan fingerprint density at radius 1 is 1.33 bits per heavy atom. The molecule has 0 aromatic heterocycles. The smallest absolute Gasteiger partial charge is 0.262 e. The molecule has 5 nitrogen and oxygen atoms in total. The van der Waals surface area contributed by atoms with E-state index in [4.69, 9.17) is 15.7 Å². The van der Waals surface area contributed by atoms with Gasteiger partial charge in [-0.25, -0.2) is 0 Å². The van der Waals surface area contributed by atoms with Gasteiger partial charge < -0.3 is 15.8 Å². The second kappa shape index (κ2) is 6.44. The summed E-state index contributed by atoms with van der Waals surface area (Å²) in [6, 6.07) is 14.1. The van der Waals surface area contributed by atoms with Gasteiger partial charge in [-0.05, 0) is 42.8 Å². The molecule has 0 atom stereocenters. The number of nitrogen functional groups attached to an aromatic ring is 1. The van der Waals surface area contributed by atoms with Crippen molar-refractivity contribution in [2.24, 2.45) is 0 Å². The lowest BCUT2D eigenvalue weighted by Crippen LogP contribution is -2.20. The van der Waals surface area contributed by atoms with Crippen LogP contribution in [0.2, 0.25) is 0 Å². The topological polar surface area (TPSA) is 88.1 Å². The number of nitriles is 1. The number of amides is 1. The molecular weight excluding hydrogens is 266 g/mol. The second-order valence-corrected chi connectivity index (χ2v) is 4.57. The van der Waals surface area contributed by atoms with Crippen molar-refractivity contribution in [3.05, 3.63) is 53.6 Å². The third-order valence-corrected chi connectivity index (χ3v) is 2.80. The van der Waals surface area contributed by atoms with Gasteiger partial charge in [-0.15, -0.1) is 0 Å². The number of hydrogen-bond acceptors (Lipinski definition) is 4. The molecule has 1 amide bonds. The highest BCUT2D eigenvalue weighted by Crippen LogP contribution is 2.22. The van der Waals surface area contributed by atoms with Crippen LogP contribution < -0.4 is 15.8 Å². The minimum atomic E-state index is -0.274. The Bertz CT molecular complexity index is 705. The first-order chi connectivity index (χ1) is 10.1. The number of nitrogens with zero attached hydrogens (tertiary/aromatic N) is 1. The fourth-order valence-corrected chi connectivity index (χ4v) is 1.81. The van der Waals surface area contributed by atoms with Crippen molar-refractivity contribution < 1.29 is 9.53 Å². The fourth-order valence-electron chi connectivity index (χ4n) is 1.81. The SMILES string of the molecule is Cc1cccc(NC(=O)COc2ccc(C#N)cc2N)c1. The van der Waals surface area contributed by atoms with Gasteiger partial charge in [-0.3, -0.25) is 4.79 Å². The van der Waals surface area contributed by atoms with Gasteiger partial charge >= 0.3 is 0 Å². The summed E-state index contributed by atoms with van der Waals surface area (Å²) in [6.07, 6.45) is 0. The fraction of sp³-hybridized carbons (Fsp3) is 0.125. The van der Waals surface area contributed by atoms with E-state index in [9.17, 15) is 4.79 Å². The summed E-state index contributed by atoms with van der Waals surface area (Å²) in [5, 5.41) is 11.5. The van der Waals surface area contributed by atoms with E-state index in [0.29, 0.717) is 17.0 Å². The molecule has 21 heavy (non-hydrogen) atoms. The number of aryl methyl sites for hydroxylation is 1. The monoisotopic (exact) mass is 281 g/mol. The molecule has 0 bridgehead atoms. The van der Waals surface area contributed by atoms with Crippen LogP contribution >= 0.6 is 0 Å². The molecule has 0 radical (unpaired) electrons. The summed E-state index contributed by atoms with van der Waals surface area (Å²) in [4.78, 5) is 11.8. The van der Waals surface area contributed by atoms with Gasteiger partial charge in [-0.2, -0.15) is 5.26 Å². The first-order valence-corrected chi connectivity index (χ1v) is 6.37. The molecule has 2 aromatic carbocycles. The second-order valence-electron chi connectivity index (χ2n) is 4.57. The number of nitrogens with two attached hydrogens (primary N) is 1. The maximum Gasteiger partial charge on any atom is 0.262 e. The van der Waals surface area contributed by atoms with Crippen LogP contribution in [0.15, 0.2) is 42.5 Å². The van der Waals surface area contributed by atoms with E-state index in [-0.39, 0.29) is 12.5 Å². The van der Waals surface area contributed by atoms with E-state index in [1.165, 1.54) is 6.07 Å². The molecule has 0 saturated carbocycles. The predicted molar refractivity (Wildman–Crippen MR) is 80.9 cm³/mol. The first-order valence-electron chi connectivity index (χ1n) is 6.37. The van der Waals surface area contributed by atoms with Crippen LogP contribution in [-0.4, -0.2) is 12.5 Å². The van der Waals surface area contributed by atoms with Crippen LogP contribution in [0.1, 0.15) is 11.1 Å². The van der Waals surface area contributed by atoms with Gasteiger partial charge in [0.15, 0.2) is 6.61 Å². The number of nitrogens with one attached hydrogen (secondary N) is 1. The Labute approximate surface area is 123 Å². The van der Waals surface area contributed by atoms with Gasteiger partial charge in [0, 0.05) is 5.69 Å². The van der Waals surface area contributed by atoms with Crippen molar-refractivity contribution in [3.63, 3.8) is 0 Å². The van der Waals surface area contributed by atoms with E-state index in [1.54, 1.807) is 18.2 Å². The Morgan fingerprint density at radius 3 is 2.81 bits per heavy atom. The zero-order valence-corrected chi connectivity index (χ0v) is 11.6. The van der Waals surface area contributed by atoms with E-state index in [0.717, 1.165) is 11.3 Å². The van der Waals surface area contributed by atoms with Gasteiger partial charge in [0.1, 0.15) is 5.75 Å². The molecule has 2 rings (SSSR count). The third kappa shape index (κ3) is 3.98. The van der Waals surface area contributed by atoms with Crippen molar-refractivity contribution in [3.8, 4) is 11.8 Å². The number of carbonyl (C=O) groups is 1. The molecule has 0 aliphatic rings. The molecule has 0 saturated heterocycles. The Hall–Kier alpha value is -3.00. The molecule has 0 fully saturated rings. The van der Waals surface area contributed by atoms with E-state index >= 15 is 0 Å². The summed E-state index contributed by atoms with van der Waals surface area (Å²) < 4.78 is 5.35. The first kappa shape index (κ1) is 14.4. The van der Waals surface area contributed by atoms with Gasteiger partial charge in [-0.1, -0.05) is 12.1 Å². The largest absolute Gasteiger partial charge is 0.482 e. The lowest BCUT2D eigenvalue weighted by molar-refractivity contribution is -0.118. The lowest BCUT2D eigenvalue weighted by Gasteiger charge is -2.10.